The van der Waals surface area contributed by atoms with Crippen LogP contribution in [0.5, 0.6) is 0 Å². The Morgan fingerprint density at radius 2 is 0.846 bits per heavy atom. The van der Waals surface area contributed by atoms with Gasteiger partial charge in [-0.15, -0.1) is 20.4 Å². The van der Waals surface area contributed by atoms with Gasteiger partial charge in [-0.3, -0.25) is 9.59 Å². The van der Waals surface area contributed by atoms with E-state index in [1.165, 1.54) is 0 Å². The molecule has 0 spiro atoms. The lowest BCUT2D eigenvalue weighted by Crippen LogP contribution is -2.40. The molecule has 18 N–H and O–H groups in total. The average molecular weight is 713 g/mol. The standard InChI is InChI=1S/C32H44N18O2/c1-14(43-47-28(33)34)18-5-19(15(2)44-48-29(35)36)8-23(7-18)41-26(51)25-13-32(11-22(25)12-32)27(52)42-24-9-20(16(3)45-49-30(37)38)6-21(10-24)17(4)46-50-31(39)40/h5-10,22,25H,11-13H2,1-4H3,(H,41,51)(H,42,52)(H4,33,34,47)(H4,35,36,48)(H4,37,38,49)(H4,39,40,50)/b43-14+,44-15+,45-16+,46-17+. The van der Waals surface area contributed by atoms with E-state index in [9.17, 15) is 9.59 Å². The molecular weight excluding hydrogens is 668 g/mol. The fourth-order valence-corrected chi connectivity index (χ4v) is 6.06. The number of amides is 2. The van der Waals surface area contributed by atoms with Crippen LogP contribution >= 0.6 is 0 Å². The fraction of sp³-hybridized carbons (Fsp3) is 0.312. The minimum atomic E-state index is -0.731. The molecule has 0 radical (unpaired) electrons. The largest absolute Gasteiger partial charge is 0.369 e. The summed E-state index contributed by atoms with van der Waals surface area (Å²) >= 11 is 0. The van der Waals surface area contributed by atoms with Gasteiger partial charge in [0.2, 0.25) is 35.7 Å². The average Bonchev–Trinajstić information content (AvgIpc) is 3.65. The predicted octanol–water partition coefficient (Wildman–Crippen LogP) is -0.330. The van der Waals surface area contributed by atoms with Crippen LogP contribution in [0.3, 0.4) is 0 Å². The Morgan fingerprint density at radius 3 is 1.17 bits per heavy atom. The monoisotopic (exact) mass is 712 g/mol. The number of anilines is 2. The minimum absolute atomic E-state index is 0.0218. The Morgan fingerprint density at radius 1 is 0.519 bits per heavy atom. The van der Waals surface area contributed by atoms with Crippen LogP contribution in [0.2, 0.25) is 0 Å². The number of hydrogen-bond donors (Lipinski definition) is 10. The Balaban J connectivity index is 1.58. The number of hydrogen-bond acceptors (Lipinski definition) is 10. The maximum Gasteiger partial charge on any atom is 0.230 e. The Kier molecular flexibility index (Phi) is 11.5. The summed E-state index contributed by atoms with van der Waals surface area (Å²) in [5, 5.41) is 37.2. The van der Waals surface area contributed by atoms with Crippen molar-refractivity contribution in [2.24, 2.45) is 104 Å². The fourth-order valence-electron chi connectivity index (χ4n) is 6.06. The highest BCUT2D eigenvalue weighted by molar-refractivity contribution is 6.08. The number of benzene rings is 2. The number of carbonyl (C=O) groups is 2. The van der Waals surface area contributed by atoms with Gasteiger partial charge in [0.15, 0.2) is 0 Å². The summed E-state index contributed by atoms with van der Waals surface area (Å²) in [5.41, 5.74) is 48.1. The molecule has 274 valence electrons. The molecule has 2 aromatic rings. The summed E-state index contributed by atoms with van der Waals surface area (Å²) in [6.45, 7) is 6.85. The first-order valence-corrected chi connectivity index (χ1v) is 15.9. The molecule has 5 rings (SSSR count). The van der Waals surface area contributed by atoms with Gasteiger partial charge in [0.1, 0.15) is 0 Å². The number of carbonyl (C=O) groups excluding carboxylic acids is 2. The second-order valence-electron chi connectivity index (χ2n) is 12.6. The van der Waals surface area contributed by atoms with E-state index in [-0.39, 0.29) is 41.6 Å². The lowest BCUT2D eigenvalue weighted by atomic mass is 9.68. The molecule has 20 nitrogen and oxygen atoms in total. The number of fused-ring (bicyclic) bond motifs is 1. The maximum atomic E-state index is 13.9. The van der Waals surface area contributed by atoms with Crippen molar-refractivity contribution in [3.8, 4) is 0 Å². The normalized spacial score (nSPS) is 19.8. The Bertz CT molecular complexity index is 1880. The van der Waals surface area contributed by atoms with Gasteiger partial charge in [0, 0.05) is 39.5 Å². The van der Waals surface area contributed by atoms with Crippen LogP contribution in [-0.4, -0.2) is 58.5 Å². The third-order valence-electron chi connectivity index (χ3n) is 8.63. The third kappa shape index (κ3) is 9.43. The number of nitrogens with zero attached hydrogens (tertiary/aromatic N) is 8. The zero-order chi connectivity index (χ0) is 38.3. The molecule has 1 unspecified atom stereocenters. The van der Waals surface area contributed by atoms with Crippen molar-refractivity contribution in [1.29, 1.82) is 0 Å². The van der Waals surface area contributed by atoms with Gasteiger partial charge in [-0.25, -0.2) is 0 Å². The molecule has 0 aliphatic heterocycles. The topological polar surface area (TPSA) is 365 Å². The first-order valence-electron chi connectivity index (χ1n) is 15.9. The van der Waals surface area contributed by atoms with Crippen LogP contribution in [0.1, 0.15) is 69.2 Å². The number of nitrogens with one attached hydrogen (secondary N) is 2. The molecule has 0 heterocycles. The smallest absolute Gasteiger partial charge is 0.230 e. The van der Waals surface area contributed by atoms with Gasteiger partial charge >= 0.3 is 0 Å². The molecule has 0 saturated heterocycles. The van der Waals surface area contributed by atoms with Gasteiger partial charge in [-0.2, -0.15) is 20.4 Å². The quantitative estimate of drug-likeness (QED) is 0.0775. The van der Waals surface area contributed by atoms with E-state index in [0.717, 1.165) is 0 Å². The molecular formula is C32H44N18O2. The molecule has 2 aromatic carbocycles. The molecule has 20 heteroatoms. The van der Waals surface area contributed by atoms with Crippen LogP contribution in [0.25, 0.3) is 0 Å². The minimum Gasteiger partial charge on any atom is -0.369 e. The van der Waals surface area contributed by atoms with Gasteiger partial charge < -0.3 is 56.5 Å². The molecule has 3 aliphatic carbocycles. The summed E-state index contributed by atoms with van der Waals surface area (Å²) in [6, 6.07) is 10.5. The molecule has 3 fully saturated rings. The van der Waals surface area contributed by atoms with E-state index in [2.05, 4.69) is 51.4 Å². The van der Waals surface area contributed by atoms with Crippen LogP contribution in [0.15, 0.2) is 77.2 Å². The van der Waals surface area contributed by atoms with Crippen molar-refractivity contribution in [3.63, 3.8) is 0 Å². The lowest BCUT2D eigenvalue weighted by Gasteiger charge is -2.36. The SMILES string of the molecule is C/C(=N\N=C(N)N)c1cc(NC(=O)C2CC3(C(=O)Nc4cc(/C(C)=N/N=C(N)N)cc(/C(C)=N/N=C(N)N)c4)CC2C3)cc(/C(C)=N/N=C(N)N)c1. The van der Waals surface area contributed by atoms with Crippen molar-refractivity contribution in [1.82, 2.24) is 0 Å². The molecule has 2 amide bonds. The molecule has 2 bridgehead atoms. The highest BCUT2D eigenvalue weighted by Gasteiger charge is 2.62. The summed E-state index contributed by atoms with van der Waals surface area (Å²) < 4.78 is 0. The van der Waals surface area contributed by atoms with Gasteiger partial charge in [0.05, 0.1) is 28.3 Å². The summed E-state index contributed by atoms with van der Waals surface area (Å²) in [6.07, 6.45) is 1.47. The van der Waals surface area contributed by atoms with Crippen LogP contribution in [0.4, 0.5) is 11.4 Å². The molecule has 3 aliphatic rings. The highest BCUT2D eigenvalue weighted by atomic mass is 16.2. The summed E-state index contributed by atoms with van der Waals surface area (Å²) in [5.74, 6) is -1.65. The van der Waals surface area contributed by atoms with Crippen molar-refractivity contribution in [3.05, 3.63) is 58.7 Å². The van der Waals surface area contributed by atoms with E-state index in [0.29, 0.717) is 75.7 Å². The predicted molar refractivity (Wildman–Crippen MR) is 205 cm³/mol. The van der Waals surface area contributed by atoms with Crippen molar-refractivity contribution in [2.45, 2.75) is 47.0 Å². The Hall–Kier alpha value is -6.86. The maximum absolute atomic E-state index is 13.9. The summed E-state index contributed by atoms with van der Waals surface area (Å²) in [7, 11) is 0. The van der Waals surface area contributed by atoms with Gasteiger partial charge in [-0.1, -0.05) is 0 Å². The van der Waals surface area contributed by atoms with Gasteiger partial charge in [-0.05, 0) is 89.3 Å². The highest BCUT2D eigenvalue weighted by Crippen LogP contribution is 2.62. The van der Waals surface area contributed by atoms with E-state index >= 15 is 0 Å². The van der Waals surface area contributed by atoms with Crippen LogP contribution in [-0.2, 0) is 9.59 Å². The van der Waals surface area contributed by atoms with E-state index in [1.807, 2.05) is 0 Å². The van der Waals surface area contributed by atoms with Crippen molar-refractivity contribution >= 4 is 69.9 Å². The summed E-state index contributed by atoms with van der Waals surface area (Å²) in [4.78, 5) is 27.6. The van der Waals surface area contributed by atoms with E-state index < -0.39 is 11.3 Å². The first-order chi connectivity index (χ1) is 24.5. The number of rotatable bonds is 12. The lowest BCUT2D eigenvalue weighted by molar-refractivity contribution is -0.129. The number of nitrogens with two attached hydrogens (primary N) is 8. The van der Waals surface area contributed by atoms with E-state index in [4.69, 9.17) is 45.9 Å². The van der Waals surface area contributed by atoms with Crippen LogP contribution in [0, 0.1) is 17.3 Å². The zero-order valence-corrected chi connectivity index (χ0v) is 29.3. The second-order valence-corrected chi connectivity index (χ2v) is 12.6. The zero-order valence-electron chi connectivity index (χ0n) is 29.3. The molecule has 1 atom stereocenters. The molecule has 3 saturated carbocycles. The van der Waals surface area contributed by atoms with Crippen molar-refractivity contribution < 1.29 is 9.59 Å². The van der Waals surface area contributed by atoms with Crippen LogP contribution < -0.4 is 56.5 Å². The first kappa shape index (κ1) is 38.0. The second kappa shape index (κ2) is 15.8. The number of guanidine groups is 4. The molecule has 52 heavy (non-hydrogen) atoms. The Labute approximate surface area is 299 Å². The third-order valence-corrected chi connectivity index (χ3v) is 8.63. The van der Waals surface area contributed by atoms with E-state index in [1.54, 1.807) is 64.1 Å². The van der Waals surface area contributed by atoms with Gasteiger partial charge in [0.25, 0.3) is 0 Å². The van der Waals surface area contributed by atoms with Crippen molar-refractivity contribution in [2.75, 3.05) is 10.6 Å². The molecule has 0 aromatic heterocycles.